The van der Waals surface area contributed by atoms with Crippen molar-refractivity contribution < 1.29 is 28.6 Å². The molecule has 0 heterocycles. The van der Waals surface area contributed by atoms with E-state index in [2.05, 4.69) is 45.1 Å². The van der Waals surface area contributed by atoms with E-state index >= 15 is 0 Å². The van der Waals surface area contributed by atoms with Crippen LogP contribution in [-0.2, 0) is 28.6 Å². The maximum Gasteiger partial charge on any atom is 0.306 e. The average molecular weight is 817 g/mol. The van der Waals surface area contributed by atoms with Crippen LogP contribution in [0, 0.1) is 0 Å². The number of unbranched alkanes of at least 4 members (excludes halogenated alkanes) is 31. The first-order valence-electron chi connectivity index (χ1n) is 25.3. The Hall–Kier alpha value is -2.11. The van der Waals surface area contributed by atoms with Crippen LogP contribution >= 0.6 is 0 Å². The van der Waals surface area contributed by atoms with Gasteiger partial charge in [-0.1, -0.05) is 206 Å². The molecule has 0 amide bonds. The van der Waals surface area contributed by atoms with Crippen molar-refractivity contribution in [2.45, 2.75) is 277 Å². The number of hydrogen-bond acceptors (Lipinski definition) is 6. The molecule has 0 aromatic heterocycles. The Kier molecular flexibility index (Phi) is 45.8. The Balaban J connectivity index is 4.26. The fraction of sp³-hybridized carbons (Fsp3) is 0.865. The van der Waals surface area contributed by atoms with Crippen LogP contribution in [0.25, 0.3) is 0 Å². The summed E-state index contributed by atoms with van der Waals surface area (Å²) in [4.78, 5) is 37.8. The number of esters is 3. The molecule has 0 aliphatic carbocycles. The summed E-state index contributed by atoms with van der Waals surface area (Å²) in [5.41, 5.74) is 0. The van der Waals surface area contributed by atoms with Crippen LogP contribution in [0.1, 0.15) is 271 Å². The van der Waals surface area contributed by atoms with E-state index in [4.69, 9.17) is 14.2 Å². The van der Waals surface area contributed by atoms with Gasteiger partial charge in [0.25, 0.3) is 0 Å². The maximum atomic E-state index is 12.7. The van der Waals surface area contributed by atoms with Crippen molar-refractivity contribution in [3.63, 3.8) is 0 Å². The summed E-state index contributed by atoms with van der Waals surface area (Å²) in [5, 5.41) is 0. The van der Waals surface area contributed by atoms with Crippen molar-refractivity contribution in [1.29, 1.82) is 0 Å². The third-order valence-corrected chi connectivity index (χ3v) is 11.2. The Morgan fingerprint density at radius 3 is 0.897 bits per heavy atom. The fourth-order valence-electron chi connectivity index (χ4n) is 7.31. The van der Waals surface area contributed by atoms with Gasteiger partial charge in [-0.3, -0.25) is 14.4 Å². The van der Waals surface area contributed by atoms with Gasteiger partial charge in [0.2, 0.25) is 0 Å². The van der Waals surface area contributed by atoms with E-state index in [-0.39, 0.29) is 31.1 Å². The molecule has 0 radical (unpaired) electrons. The van der Waals surface area contributed by atoms with Gasteiger partial charge >= 0.3 is 17.9 Å². The highest BCUT2D eigenvalue weighted by Gasteiger charge is 2.19. The first-order valence-corrected chi connectivity index (χ1v) is 25.3. The first-order chi connectivity index (χ1) is 28.5. The minimum Gasteiger partial charge on any atom is -0.462 e. The number of carbonyl (C=O) groups is 3. The Labute approximate surface area is 360 Å². The minimum absolute atomic E-state index is 0.0722. The van der Waals surface area contributed by atoms with Gasteiger partial charge in [-0.2, -0.15) is 0 Å². The van der Waals surface area contributed by atoms with Gasteiger partial charge in [-0.15, -0.1) is 0 Å². The molecule has 0 saturated heterocycles. The molecule has 0 aromatic carbocycles. The Morgan fingerprint density at radius 2 is 0.569 bits per heavy atom. The Bertz CT molecular complexity index is 942. The SMILES string of the molecule is CCCCC/C=C\CCCCCCCC(=O)OC(COC(=O)CCCCCCCCCCC)COC(=O)CCCCCCCCCCC/C=C\CCCCCCCC. The van der Waals surface area contributed by atoms with Crippen LogP contribution in [0.2, 0.25) is 0 Å². The lowest BCUT2D eigenvalue weighted by molar-refractivity contribution is -0.167. The normalized spacial score (nSPS) is 12.1. The molecule has 0 spiro atoms. The zero-order valence-electron chi connectivity index (χ0n) is 38.8. The van der Waals surface area contributed by atoms with Crippen molar-refractivity contribution in [2.24, 2.45) is 0 Å². The molecule has 0 aliphatic rings. The van der Waals surface area contributed by atoms with Gasteiger partial charge in [0, 0.05) is 19.3 Å². The first kappa shape index (κ1) is 55.9. The van der Waals surface area contributed by atoms with Crippen molar-refractivity contribution in [3.05, 3.63) is 24.3 Å². The second-order valence-corrected chi connectivity index (χ2v) is 17.1. The molecule has 1 atom stereocenters. The molecule has 0 saturated carbocycles. The van der Waals surface area contributed by atoms with E-state index in [0.717, 1.165) is 64.2 Å². The topological polar surface area (TPSA) is 78.9 Å². The van der Waals surface area contributed by atoms with Crippen LogP contribution in [0.5, 0.6) is 0 Å². The molecular formula is C52H96O6. The summed E-state index contributed by atoms with van der Waals surface area (Å²) < 4.78 is 16.7. The number of rotatable bonds is 46. The predicted molar refractivity (Wildman–Crippen MR) is 247 cm³/mol. The second-order valence-electron chi connectivity index (χ2n) is 17.1. The molecule has 0 N–H and O–H groups in total. The highest BCUT2D eigenvalue weighted by molar-refractivity contribution is 5.71. The number of ether oxygens (including phenoxy) is 3. The van der Waals surface area contributed by atoms with Crippen molar-refractivity contribution >= 4 is 17.9 Å². The molecule has 0 rings (SSSR count). The van der Waals surface area contributed by atoms with Gasteiger partial charge in [0.15, 0.2) is 6.10 Å². The zero-order chi connectivity index (χ0) is 42.3. The summed E-state index contributed by atoms with van der Waals surface area (Å²) >= 11 is 0. The minimum atomic E-state index is -0.770. The van der Waals surface area contributed by atoms with Gasteiger partial charge in [0.05, 0.1) is 0 Å². The predicted octanol–water partition coefficient (Wildman–Crippen LogP) is 16.4. The van der Waals surface area contributed by atoms with Crippen LogP contribution < -0.4 is 0 Å². The molecular weight excluding hydrogens is 721 g/mol. The van der Waals surface area contributed by atoms with Crippen LogP contribution in [0.3, 0.4) is 0 Å². The summed E-state index contributed by atoms with van der Waals surface area (Å²) in [5.74, 6) is -0.877. The van der Waals surface area contributed by atoms with Crippen LogP contribution in [0.15, 0.2) is 24.3 Å². The van der Waals surface area contributed by atoms with Gasteiger partial charge in [-0.05, 0) is 70.6 Å². The lowest BCUT2D eigenvalue weighted by atomic mass is 10.1. The van der Waals surface area contributed by atoms with E-state index in [1.807, 2.05) is 0 Å². The van der Waals surface area contributed by atoms with Crippen LogP contribution in [0.4, 0.5) is 0 Å². The molecule has 0 aliphatic heterocycles. The molecule has 6 heteroatoms. The average Bonchev–Trinajstić information content (AvgIpc) is 3.22. The standard InChI is InChI=1S/C52H96O6/c1-4-7-10-13-16-19-21-23-24-25-26-27-28-29-31-33-36-39-42-45-51(54)57-48-49(47-56-50(53)44-41-38-35-32-18-15-12-9-6-3)58-52(55)46-43-40-37-34-30-22-20-17-14-11-8-5-2/h17,20,23-24,49H,4-16,18-19,21-22,25-48H2,1-3H3/b20-17-,24-23-. The fourth-order valence-corrected chi connectivity index (χ4v) is 7.31. The molecule has 58 heavy (non-hydrogen) atoms. The summed E-state index contributed by atoms with van der Waals surface area (Å²) in [6, 6.07) is 0. The van der Waals surface area contributed by atoms with Gasteiger partial charge in [-0.25, -0.2) is 0 Å². The monoisotopic (exact) mass is 817 g/mol. The number of hydrogen-bond donors (Lipinski definition) is 0. The molecule has 0 aromatic rings. The van der Waals surface area contributed by atoms with E-state index in [9.17, 15) is 14.4 Å². The smallest absolute Gasteiger partial charge is 0.306 e. The van der Waals surface area contributed by atoms with E-state index in [0.29, 0.717) is 19.3 Å². The van der Waals surface area contributed by atoms with E-state index < -0.39 is 6.10 Å². The maximum absolute atomic E-state index is 12.7. The summed E-state index contributed by atoms with van der Waals surface area (Å²) in [7, 11) is 0. The van der Waals surface area contributed by atoms with Gasteiger partial charge in [0.1, 0.15) is 13.2 Å². The molecule has 6 nitrogen and oxygen atoms in total. The molecule has 0 fully saturated rings. The van der Waals surface area contributed by atoms with Crippen molar-refractivity contribution in [1.82, 2.24) is 0 Å². The Morgan fingerprint density at radius 1 is 0.328 bits per heavy atom. The lowest BCUT2D eigenvalue weighted by Gasteiger charge is -2.18. The van der Waals surface area contributed by atoms with E-state index in [1.54, 1.807) is 0 Å². The quantitative estimate of drug-likeness (QED) is 0.0263. The largest absolute Gasteiger partial charge is 0.462 e. The third kappa shape index (κ3) is 45.0. The van der Waals surface area contributed by atoms with Gasteiger partial charge < -0.3 is 14.2 Å². The third-order valence-electron chi connectivity index (χ3n) is 11.2. The zero-order valence-corrected chi connectivity index (χ0v) is 38.8. The summed E-state index contributed by atoms with van der Waals surface area (Å²) in [6.45, 7) is 6.60. The van der Waals surface area contributed by atoms with Crippen molar-refractivity contribution in [3.8, 4) is 0 Å². The highest BCUT2D eigenvalue weighted by Crippen LogP contribution is 2.15. The van der Waals surface area contributed by atoms with E-state index in [1.165, 1.54) is 167 Å². The highest BCUT2D eigenvalue weighted by atomic mass is 16.6. The molecule has 340 valence electrons. The number of carbonyl (C=O) groups excluding carboxylic acids is 3. The lowest BCUT2D eigenvalue weighted by Crippen LogP contribution is -2.30. The number of allylic oxidation sites excluding steroid dienone is 4. The second kappa shape index (κ2) is 47.6. The summed E-state index contributed by atoms with van der Waals surface area (Å²) in [6.07, 6.45) is 53.1. The molecule has 0 bridgehead atoms. The van der Waals surface area contributed by atoms with Crippen LogP contribution in [-0.4, -0.2) is 37.2 Å². The van der Waals surface area contributed by atoms with Crippen molar-refractivity contribution in [2.75, 3.05) is 13.2 Å². The molecule has 1 unspecified atom stereocenters.